The number of fused-ring (bicyclic) bond motifs is 2. The summed E-state index contributed by atoms with van der Waals surface area (Å²) in [5, 5.41) is 23.3. The summed E-state index contributed by atoms with van der Waals surface area (Å²) in [6.45, 7) is 1.49. The van der Waals surface area contributed by atoms with Crippen LogP contribution in [0.2, 0.25) is 0 Å². The van der Waals surface area contributed by atoms with E-state index in [0.29, 0.717) is 44.0 Å². The Balaban J connectivity index is 1.50. The molecule has 9 heteroatoms. The monoisotopic (exact) mass is 300 g/mol. The number of piperidine rings is 1. The third-order valence-corrected chi connectivity index (χ3v) is 4.38. The summed E-state index contributed by atoms with van der Waals surface area (Å²) in [7, 11) is 0. The predicted molar refractivity (Wildman–Crippen MR) is 69.1 cm³/mol. The van der Waals surface area contributed by atoms with Crippen molar-refractivity contribution < 1.29 is 24.7 Å². The molecule has 0 radical (unpaired) electrons. The minimum absolute atomic E-state index is 0.00115. The smallest absolute Gasteiger partial charge is 0.344 e. The first-order chi connectivity index (χ1) is 10.0. The molecule has 0 aliphatic carbocycles. The molecule has 0 saturated carbocycles. The fraction of sp³-hybridized carbons (Fsp3) is 0.833. The lowest BCUT2D eigenvalue weighted by molar-refractivity contribution is -0.144. The van der Waals surface area contributed by atoms with Gasteiger partial charge >= 0.3 is 6.03 Å². The van der Waals surface area contributed by atoms with E-state index in [1.807, 2.05) is 0 Å². The van der Waals surface area contributed by atoms with Crippen LogP contribution in [0.25, 0.3) is 0 Å². The Bertz CT molecular complexity index is 439. The first-order valence-electron chi connectivity index (χ1n) is 7.14. The number of aliphatic hydroxyl groups is 1. The molecule has 0 aromatic carbocycles. The molecule has 9 nitrogen and oxygen atoms in total. The summed E-state index contributed by atoms with van der Waals surface area (Å²) < 4.78 is 0. The van der Waals surface area contributed by atoms with Crippen molar-refractivity contribution in [2.45, 2.75) is 36.9 Å². The van der Waals surface area contributed by atoms with E-state index in [1.54, 1.807) is 0 Å². The fourth-order valence-electron chi connectivity index (χ4n) is 3.09. The molecule has 3 fully saturated rings. The lowest BCUT2D eigenvalue weighted by atomic mass is 10.0. The number of nitrogens with one attached hydrogen (secondary N) is 2. The summed E-state index contributed by atoms with van der Waals surface area (Å²) >= 11 is 0. The number of β-amino-alcohol motifs (C(OH)–C–C–N with tert-alkyl or cyclic N) is 1. The van der Waals surface area contributed by atoms with Crippen LogP contribution >= 0.6 is 0 Å². The molecule has 21 heavy (non-hydrogen) atoms. The summed E-state index contributed by atoms with van der Waals surface area (Å²) in [5.41, 5.74) is 1.34. The molecule has 0 aromatic rings. The van der Waals surface area contributed by atoms with Gasteiger partial charge in [0.25, 0.3) is 5.91 Å². The molecule has 2 bridgehead atoms. The maximum Gasteiger partial charge on any atom is 0.344 e. The van der Waals surface area contributed by atoms with Gasteiger partial charge in [-0.3, -0.25) is 14.8 Å². The van der Waals surface area contributed by atoms with Crippen molar-refractivity contribution in [2.75, 3.05) is 26.2 Å². The van der Waals surface area contributed by atoms with E-state index in [2.05, 4.69) is 10.8 Å². The van der Waals surface area contributed by atoms with E-state index in [-0.39, 0.29) is 12.6 Å². The normalized spacial score (nSPS) is 35.4. The van der Waals surface area contributed by atoms with Crippen molar-refractivity contribution in [1.29, 1.82) is 0 Å². The number of carbonyl (C=O) groups is 2. The number of hydrogen-bond donors (Lipinski definition) is 4. The van der Waals surface area contributed by atoms with Crippen molar-refractivity contribution in [3.8, 4) is 0 Å². The third-order valence-electron chi connectivity index (χ3n) is 4.38. The number of carbonyl (C=O) groups excluding carboxylic acids is 2. The Hall–Kier alpha value is -1.42. The lowest BCUT2D eigenvalue weighted by Crippen LogP contribution is -2.50. The molecule has 3 atom stereocenters. The van der Waals surface area contributed by atoms with Gasteiger partial charge in [-0.1, -0.05) is 0 Å². The van der Waals surface area contributed by atoms with Gasteiger partial charge in [0.05, 0.1) is 6.04 Å². The Morgan fingerprint density at radius 1 is 1.52 bits per heavy atom. The Kier molecular flexibility index (Phi) is 3.74. The second kappa shape index (κ2) is 5.41. The molecule has 3 aliphatic heterocycles. The Labute approximate surface area is 121 Å². The van der Waals surface area contributed by atoms with Crippen LogP contribution in [-0.2, 0) is 9.63 Å². The van der Waals surface area contributed by atoms with Crippen LogP contribution in [0.15, 0.2) is 0 Å². The number of hydrogen-bond acceptors (Lipinski definition) is 6. The van der Waals surface area contributed by atoms with Crippen LogP contribution in [0.1, 0.15) is 19.3 Å². The van der Waals surface area contributed by atoms with Gasteiger partial charge in [-0.15, -0.1) is 0 Å². The van der Waals surface area contributed by atoms with Crippen LogP contribution in [0, 0.1) is 0 Å². The highest BCUT2D eigenvalue weighted by molar-refractivity contribution is 5.87. The van der Waals surface area contributed by atoms with Crippen LogP contribution < -0.4 is 10.8 Å². The molecule has 3 rings (SSSR count). The summed E-state index contributed by atoms with van der Waals surface area (Å²) in [6, 6.07) is -1.41. The van der Waals surface area contributed by atoms with Gasteiger partial charge in [-0.2, -0.15) is 0 Å². The van der Waals surface area contributed by atoms with Gasteiger partial charge in [0.2, 0.25) is 0 Å². The first-order valence-corrected chi connectivity index (χ1v) is 7.14. The average Bonchev–Trinajstić information content (AvgIpc) is 2.99. The summed E-state index contributed by atoms with van der Waals surface area (Å²) in [4.78, 5) is 30.3. The van der Waals surface area contributed by atoms with Crippen molar-refractivity contribution in [2.24, 2.45) is 0 Å². The number of amides is 3. The molecule has 3 heterocycles. The largest absolute Gasteiger partial charge is 0.386 e. The summed E-state index contributed by atoms with van der Waals surface area (Å²) in [6.07, 6.45) is 1.62. The van der Waals surface area contributed by atoms with Crippen LogP contribution in [0.5, 0.6) is 0 Å². The van der Waals surface area contributed by atoms with Crippen molar-refractivity contribution in [1.82, 2.24) is 20.8 Å². The molecule has 3 amide bonds. The van der Waals surface area contributed by atoms with E-state index in [0.717, 1.165) is 0 Å². The zero-order valence-electron chi connectivity index (χ0n) is 11.6. The van der Waals surface area contributed by atoms with Gasteiger partial charge < -0.3 is 15.3 Å². The molecule has 3 aliphatic rings. The highest BCUT2D eigenvalue weighted by Gasteiger charge is 2.47. The quantitative estimate of drug-likeness (QED) is 0.368. The van der Waals surface area contributed by atoms with E-state index in [9.17, 15) is 19.9 Å². The second-order valence-corrected chi connectivity index (χ2v) is 5.93. The van der Waals surface area contributed by atoms with E-state index >= 15 is 0 Å². The molecule has 118 valence electrons. The highest BCUT2D eigenvalue weighted by Crippen LogP contribution is 2.28. The zero-order chi connectivity index (χ0) is 15.0. The average molecular weight is 300 g/mol. The Morgan fingerprint density at radius 2 is 2.33 bits per heavy atom. The molecular weight excluding hydrogens is 280 g/mol. The van der Waals surface area contributed by atoms with Crippen LogP contribution in [0.4, 0.5) is 4.79 Å². The second-order valence-electron chi connectivity index (χ2n) is 5.93. The van der Waals surface area contributed by atoms with Gasteiger partial charge in [0, 0.05) is 13.1 Å². The van der Waals surface area contributed by atoms with Gasteiger partial charge in [0.1, 0.15) is 18.2 Å². The maximum atomic E-state index is 12.1. The van der Waals surface area contributed by atoms with E-state index < -0.39 is 23.6 Å². The predicted octanol–water partition coefficient (Wildman–Crippen LogP) is -1.58. The lowest BCUT2D eigenvalue weighted by Gasteiger charge is -2.29. The minimum Gasteiger partial charge on any atom is -0.386 e. The van der Waals surface area contributed by atoms with E-state index in [4.69, 9.17) is 4.84 Å². The molecule has 3 unspecified atom stereocenters. The van der Waals surface area contributed by atoms with Crippen LogP contribution in [0.3, 0.4) is 0 Å². The number of hydroxylamine groups is 3. The third kappa shape index (κ3) is 2.69. The number of urea groups is 1. The first kappa shape index (κ1) is 14.5. The molecule has 0 aromatic heterocycles. The van der Waals surface area contributed by atoms with Gasteiger partial charge in [-0.25, -0.2) is 15.3 Å². The maximum absolute atomic E-state index is 12.1. The van der Waals surface area contributed by atoms with Gasteiger partial charge in [-0.05, 0) is 25.8 Å². The molecule has 3 saturated heterocycles. The van der Waals surface area contributed by atoms with Crippen molar-refractivity contribution >= 4 is 11.9 Å². The molecule has 4 N–H and O–H groups in total. The SMILES string of the molecule is O=C(NOCC1(O)CCNC1)C1CCC2CN1C(=O)N2O. The number of rotatable bonds is 4. The Morgan fingerprint density at radius 3 is 3.05 bits per heavy atom. The zero-order valence-corrected chi connectivity index (χ0v) is 11.6. The highest BCUT2D eigenvalue weighted by atomic mass is 16.7. The minimum atomic E-state index is -0.962. The molecule has 0 spiro atoms. The van der Waals surface area contributed by atoms with E-state index in [1.165, 1.54) is 4.90 Å². The molecular formula is C12H20N4O5. The topological polar surface area (TPSA) is 114 Å². The standard InChI is InChI=1S/C12H20N4O5/c17-10(14-21-7-12(19)3-4-13-6-12)9-2-1-8-5-15(9)11(18)16(8)20/h8-9,13,19-20H,1-7H2,(H,14,17). The van der Waals surface area contributed by atoms with Crippen molar-refractivity contribution in [3.63, 3.8) is 0 Å². The fourth-order valence-corrected chi connectivity index (χ4v) is 3.09. The van der Waals surface area contributed by atoms with Crippen molar-refractivity contribution in [3.05, 3.63) is 0 Å². The number of nitrogens with zero attached hydrogens (tertiary/aromatic N) is 2. The summed E-state index contributed by atoms with van der Waals surface area (Å²) in [5.74, 6) is -0.424. The van der Waals surface area contributed by atoms with Gasteiger partial charge in [0.15, 0.2) is 0 Å². The van der Waals surface area contributed by atoms with Crippen LogP contribution in [-0.4, -0.2) is 76.1 Å².